The fourth-order valence-electron chi connectivity index (χ4n) is 4.26. The molecule has 3 amide bonds. The highest BCUT2D eigenvalue weighted by Crippen LogP contribution is 2.36. The van der Waals surface area contributed by atoms with Gasteiger partial charge in [0.15, 0.2) is 11.5 Å². The van der Waals surface area contributed by atoms with Crippen molar-refractivity contribution in [1.29, 1.82) is 5.26 Å². The summed E-state index contributed by atoms with van der Waals surface area (Å²) in [7, 11) is 1.37. The second-order valence-corrected chi connectivity index (χ2v) is 9.96. The summed E-state index contributed by atoms with van der Waals surface area (Å²) in [5, 5.41) is 20.5. The standard InChI is InChI=1S/C25H25ClF3N9O3/c1-12(31)22(39)34-14-7-15(8-14)35-23(40)16-4-3-13(9-18(16)26)33-24(41)21-32-10-19(37(21)2)17-11-38(6-5-30)36-20(17)25(27,28)29/h3-4,9-12,14-15H,6-8,31H2,1-2H3,(H,33,41)(H,34,39)(H,35,40)/t12-,14-,15+/m1/s1. The summed E-state index contributed by atoms with van der Waals surface area (Å²) in [5.41, 5.74) is 4.34. The van der Waals surface area contributed by atoms with Gasteiger partial charge in [-0.1, -0.05) is 11.6 Å². The van der Waals surface area contributed by atoms with Gasteiger partial charge in [-0.3, -0.25) is 19.1 Å². The fourth-order valence-corrected chi connectivity index (χ4v) is 4.52. The summed E-state index contributed by atoms with van der Waals surface area (Å²) in [6.07, 6.45) is -1.54. The number of imidazole rings is 1. The molecule has 0 radical (unpaired) electrons. The minimum Gasteiger partial charge on any atom is -0.352 e. The third-order valence-electron chi connectivity index (χ3n) is 6.43. The first-order valence-electron chi connectivity index (χ1n) is 12.3. The molecule has 1 aliphatic carbocycles. The maximum atomic E-state index is 13.6. The van der Waals surface area contributed by atoms with Crippen LogP contribution in [0.15, 0.2) is 30.6 Å². The minimum absolute atomic E-state index is 0.0351. The SMILES string of the molecule is C[C@@H](N)C(=O)N[C@H]1C[C@@H](NC(=O)c2ccc(NC(=O)c3ncc(-c4cn(CC#N)nc4C(F)(F)F)n3C)cc2Cl)C1. The third-order valence-corrected chi connectivity index (χ3v) is 6.75. The number of halogens is 4. The van der Waals surface area contributed by atoms with Crippen molar-refractivity contribution in [2.45, 2.75) is 50.6 Å². The third kappa shape index (κ3) is 6.50. The van der Waals surface area contributed by atoms with E-state index in [-0.39, 0.29) is 51.3 Å². The fraction of sp³-hybridized carbons (Fsp3) is 0.360. The van der Waals surface area contributed by atoms with E-state index in [2.05, 4.69) is 26.0 Å². The molecule has 216 valence electrons. The van der Waals surface area contributed by atoms with Crippen molar-refractivity contribution >= 4 is 35.0 Å². The van der Waals surface area contributed by atoms with E-state index in [4.69, 9.17) is 22.6 Å². The molecule has 4 rings (SSSR count). The van der Waals surface area contributed by atoms with Crippen LogP contribution < -0.4 is 21.7 Å². The number of carbonyl (C=O) groups is 3. The summed E-state index contributed by atoms with van der Waals surface area (Å²) in [4.78, 5) is 41.2. The maximum Gasteiger partial charge on any atom is 0.435 e. The van der Waals surface area contributed by atoms with Gasteiger partial charge in [-0.25, -0.2) is 4.98 Å². The van der Waals surface area contributed by atoms with Crippen molar-refractivity contribution in [3.8, 4) is 17.3 Å². The molecule has 1 aliphatic rings. The molecule has 3 aromatic rings. The lowest BCUT2D eigenvalue weighted by Gasteiger charge is -2.36. The predicted molar refractivity (Wildman–Crippen MR) is 141 cm³/mol. The molecule has 1 aromatic carbocycles. The smallest absolute Gasteiger partial charge is 0.352 e. The number of nitrogens with zero attached hydrogens (tertiary/aromatic N) is 5. The Kier molecular flexibility index (Phi) is 8.36. The van der Waals surface area contributed by atoms with Gasteiger partial charge < -0.3 is 26.3 Å². The molecule has 5 N–H and O–H groups in total. The van der Waals surface area contributed by atoms with E-state index in [1.54, 1.807) is 13.0 Å². The normalized spacial score (nSPS) is 17.2. The van der Waals surface area contributed by atoms with Crippen molar-refractivity contribution in [2.24, 2.45) is 12.8 Å². The average molecular weight is 592 g/mol. The molecule has 2 aromatic heterocycles. The number of carbonyl (C=O) groups excluding carboxylic acids is 3. The number of alkyl halides is 3. The molecule has 1 atom stereocenters. The van der Waals surface area contributed by atoms with Crippen LogP contribution in [0.4, 0.5) is 18.9 Å². The summed E-state index contributed by atoms with van der Waals surface area (Å²) in [5.74, 6) is -1.63. The van der Waals surface area contributed by atoms with Crippen LogP contribution in [0.3, 0.4) is 0 Å². The van der Waals surface area contributed by atoms with Gasteiger partial charge in [-0.2, -0.15) is 23.5 Å². The number of hydrogen-bond donors (Lipinski definition) is 4. The summed E-state index contributed by atoms with van der Waals surface area (Å²) >= 11 is 6.29. The van der Waals surface area contributed by atoms with E-state index in [0.717, 1.165) is 17.1 Å². The molecule has 0 saturated heterocycles. The molecular formula is C25H25ClF3N9O3. The van der Waals surface area contributed by atoms with E-state index < -0.39 is 36.3 Å². The van der Waals surface area contributed by atoms with Crippen LogP contribution in [0.2, 0.25) is 5.02 Å². The van der Waals surface area contributed by atoms with Crippen LogP contribution in [-0.4, -0.2) is 55.2 Å². The lowest BCUT2D eigenvalue weighted by atomic mass is 9.86. The molecule has 12 nitrogen and oxygen atoms in total. The van der Waals surface area contributed by atoms with Crippen molar-refractivity contribution in [3.05, 3.63) is 52.7 Å². The van der Waals surface area contributed by atoms with Crippen molar-refractivity contribution in [2.75, 3.05) is 5.32 Å². The highest BCUT2D eigenvalue weighted by atomic mass is 35.5. The minimum atomic E-state index is -4.80. The Morgan fingerprint density at radius 1 is 1.22 bits per heavy atom. The zero-order valence-electron chi connectivity index (χ0n) is 21.8. The Morgan fingerprint density at radius 3 is 2.51 bits per heavy atom. The number of amides is 3. The van der Waals surface area contributed by atoms with Crippen LogP contribution in [-0.2, 0) is 24.6 Å². The number of nitrogens with one attached hydrogen (secondary N) is 3. The first-order chi connectivity index (χ1) is 19.3. The van der Waals surface area contributed by atoms with Gasteiger partial charge in [0.2, 0.25) is 5.91 Å². The second-order valence-electron chi connectivity index (χ2n) is 9.56. The molecule has 0 unspecified atom stereocenters. The Labute approximate surface area is 236 Å². The average Bonchev–Trinajstić information content (AvgIpc) is 3.46. The molecule has 0 spiro atoms. The van der Waals surface area contributed by atoms with Gasteiger partial charge in [0.05, 0.1) is 40.2 Å². The molecule has 41 heavy (non-hydrogen) atoms. The van der Waals surface area contributed by atoms with Crippen molar-refractivity contribution in [1.82, 2.24) is 30.0 Å². The van der Waals surface area contributed by atoms with E-state index in [0.29, 0.717) is 12.8 Å². The molecule has 0 bridgehead atoms. The molecule has 1 saturated carbocycles. The highest BCUT2D eigenvalue weighted by Gasteiger charge is 2.38. The number of anilines is 1. The van der Waals surface area contributed by atoms with Gasteiger partial charge in [0, 0.05) is 31.0 Å². The molecule has 0 aliphatic heterocycles. The van der Waals surface area contributed by atoms with E-state index in [9.17, 15) is 27.6 Å². The highest BCUT2D eigenvalue weighted by molar-refractivity contribution is 6.34. The van der Waals surface area contributed by atoms with Gasteiger partial charge >= 0.3 is 6.18 Å². The van der Waals surface area contributed by atoms with Crippen molar-refractivity contribution in [3.63, 3.8) is 0 Å². The first-order valence-corrected chi connectivity index (χ1v) is 12.7. The van der Waals surface area contributed by atoms with E-state index in [1.165, 1.54) is 29.8 Å². The molecule has 1 fully saturated rings. The Bertz CT molecular complexity index is 1530. The maximum absolute atomic E-state index is 13.6. The van der Waals surface area contributed by atoms with E-state index >= 15 is 0 Å². The number of aromatic nitrogens is 4. The first kappa shape index (κ1) is 29.6. The zero-order chi connectivity index (χ0) is 30.1. The summed E-state index contributed by atoms with van der Waals surface area (Å²) < 4.78 is 42.7. The second kappa shape index (κ2) is 11.6. The number of nitriles is 1. The number of hydrogen-bond acceptors (Lipinski definition) is 7. The van der Waals surface area contributed by atoms with Gasteiger partial charge in [-0.15, -0.1) is 0 Å². The molecular weight excluding hydrogens is 567 g/mol. The van der Waals surface area contributed by atoms with Crippen LogP contribution in [0.25, 0.3) is 11.3 Å². The number of benzene rings is 1. The quantitative estimate of drug-likeness (QED) is 0.311. The topological polar surface area (TPSA) is 173 Å². The predicted octanol–water partition coefficient (Wildman–Crippen LogP) is 2.46. The van der Waals surface area contributed by atoms with Crippen LogP contribution in [0.5, 0.6) is 0 Å². The summed E-state index contributed by atoms with van der Waals surface area (Å²) in [6.45, 7) is 1.19. The zero-order valence-corrected chi connectivity index (χ0v) is 22.5. The summed E-state index contributed by atoms with van der Waals surface area (Å²) in [6, 6.07) is 5.10. The van der Waals surface area contributed by atoms with Gasteiger partial charge in [0.1, 0.15) is 6.54 Å². The molecule has 2 heterocycles. The van der Waals surface area contributed by atoms with Crippen LogP contribution in [0.1, 0.15) is 46.4 Å². The Hall–Kier alpha value is -4.42. The molecule has 16 heteroatoms. The van der Waals surface area contributed by atoms with Gasteiger partial charge in [-0.05, 0) is 38.0 Å². The lowest BCUT2D eigenvalue weighted by molar-refractivity contribution is -0.141. The van der Waals surface area contributed by atoms with Crippen LogP contribution in [0, 0.1) is 11.3 Å². The van der Waals surface area contributed by atoms with Crippen molar-refractivity contribution < 1.29 is 27.6 Å². The Balaban J connectivity index is 1.42. The van der Waals surface area contributed by atoms with E-state index in [1.807, 2.05) is 0 Å². The monoisotopic (exact) mass is 591 g/mol. The lowest BCUT2D eigenvalue weighted by Crippen LogP contribution is -2.55. The van der Waals surface area contributed by atoms with Gasteiger partial charge in [0.25, 0.3) is 11.8 Å². The van der Waals surface area contributed by atoms with Crippen LogP contribution >= 0.6 is 11.6 Å². The largest absolute Gasteiger partial charge is 0.435 e. The number of rotatable bonds is 8. The number of nitrogens with two attached hydrogens (primary N) is 1. The Morgan fingerprint density at radius 2 is 1.90 bits per heavy atom.